The van der Waals surface area contributed by atoms with Gasteiger partial charge in [0.15, 0.2) is 0 Å². The number of hydrazine groups is 1. The third-order valence-corrected chi connectivity index (χ3v) is 1.30. The van der Waals surface area contributed by atoms with E-state index in [1.807, 2.05) is 19.3 Å². The number of nitrogens with zero attached hydrogens (tertiary/aromatic N) is 1. The molecule has 0 spiro atoms. The van der Waals surface area contributed by atoms with E-state index >= 15 is 0 Å². The third-order valence-electron chi connectivity index (χ3n) is 1.30. The van der Waals surface area contributed by atoms with Crippen LogP contribution in [0.15, 0.2) is 0 Å². The van der Waals surface area contributed by atoms with Crippen LogP contribution in [-0.4, -0.2) is 36.5 Å². The summed E-state index contributed by atoms with van der Waals surface area (Å²) >= 11 is 0. The van der Waals surface area contributed by atoms with Gasteiger partial charge in [0.2, 0.25) is 5.91 Å². The molecule has 13 heavy (non-hydrogen) atoms. The number of hydrogen-bond acceptors (Lipinski definition) is 3. The van der Waals surface area contributed by atoms with E-state index in [9.17, 15) is 9.59 Å². The van der Waals surface area contributed by atoms with E-state index in [1.165, 1.54) is 11.9 Å². The fourth-order valence-electron chi connectivity index (χ4n) is 0.765. The monoisotopic (exact) mass is 188 g/mol. The lowest BCUT2D eigenvalue weighted by Crippen LogP contribution is -2.46. The summed E-state index contributed by atoms with van der Waals surface area (Å²) in [5.74, 6) is 4.67. The maximum atomic E-state index is 11.1. The largest absolute Gasteiger partial charge is 0.352 e. The van der Waals surface area contributed by atoms with Crippen molar-refractivity contribution in [3.8, 4) is 0 Å². The molecular weight excluding hydrogens is 172 g/mol. The second kappa shape index (κ2) is 5.36. The van der Waals surface area contributed by atoms with Crippen molar-refractivity contribution in [2.24, 2.45) is 5.84 Å². The van der Waals surface area contributed by atoms with Crippen LogP contribution < -0.4 is 16.6 Å². The first-order valence-corrected chi connectivity index (χ1v) is 3.98. The van der Waals surface area contributed by atoms with Crippen LogP contribution in [-0.2, 0) is 4.79 Å². The Hall–Kier alpha value is -1.30. The number of carbonyl (C=O) groups is 2. The molecule has 0 heterocycles. The van der Waals surface area contributed by atoms with Crippen molar-refractivity contribution in [3.63, 3.8) is 0 Å². The predicted molar refractivity (Wildman–Crippen MR) is 48.6 cm³/mol. The summed E-state index contributed by atoms with van der Waals surface area (Å²) in [6, 6.07) is -0.416. The van der Waals surface area contributed by atoms with Gasteiger partial charge in [-0.1, -0.05) is 0 Å². The number of hydrogen-bond donors (Lipinski definition) is 3. The molecule has 4 N–H and O–H groups in total. The zero-order valence-corrected chi connectivity index (χ0v) is 8.13. The van der Waals surface area contributed by atoms with Crippen LogP contribution in [0.1, 0.15) is 13.8 Å². The summed E-state index contributed by atoms with van der Waals surface area (Å²) in [7, 11) is 1.49. The summed E-state index contributed by atoms with van der Waals surface area (Å²) in [6.45, 7) is 3.70. The van der Waals surface area contributed by atoms with E-state index < -0.39 is 6.03 Å². The van der Waals surface area contributed by atoms with Crippen LogP contribution in [0.3, 0.4) is 0 Å². The molecule has 0 aromatic rings. The van der Waals surface area contributed by atoms with Gasteiger partial charge in [-0.05, 0) is 13.8 Å². The van der Waals surface area contributed by atoms with Crippen LogP contribution in [0.5, 0.6) is 0 Å². The summed E-state index contributed by atoms with van der Waals surface area (Å²) in [5, 5.41) is 2.65. The molecule has 0 fully saturated rings. The molecular formula is C7H16N4O2. The smallest absolute Gasteiger partial charge is 0.331 e. The molecule has 0 aliphatic heterocycles. The fraction of sp³-hybridized carbons (Fsp3) is 0.714. The number of nitrogens with one attached hydrogen (secondary N) is 2. The number of amides is 3. The normalized spacial score (nSPS) is 9.62. The first-order valence-electron chi connectivity index (χ1n) is 3.98. The van der Waals surface area contributed by atoms with E-state index in [4.69, 9.17) is 5.84 Å². The molecule has 0 saturated heterocycles. The Labute approximate surface area is 77.4 Å². The highest BCUT2D eigenvalue weighted by Gasteiger charge is 2.11. The highest BCUT2D eigenvalue weighted by atomic mass is 16.2. The van der Waals surface area contributed by atoms with Crippen molar-refractivity contribution in [1.82, 2.24) is 15.6 Å². The Morgan fingerprint density at radius 2 is 2.00 bits per heavy atom. The van der Waals surface area contributed by atoms with Crippen LogP contribution in [0.4, 0.5) is 4.79 Å². The van der Waals surface area contributed by atoms with E-state index in [0.717, 1.165) is 0 Å². The molecule has 76 valence electrons. The topological polar surface area (TPSA) is 87.5 Å². The van der Waals surface area contributed by atoms with Crippen LogP contribution in [0.2, 0.25) is 0 Å². The Morgan fingerprint density at radius 1 is 1.46 bits per heavy atom. The maximum Gasteiger partial charge on any atom is 0.331 e. The quantitative estimate of drug-likeness (QED) is 0.302. The Balaban J connectivity index is 3.85. The van der Waals surface area contributed by atoms with Crippen LogP contribution >= 0.6 is 0 Å². The lowest BCUT2D eigenvalue weighted by atomic mass is 10.4. The molecule has 0 aliphatic rings. The van der Waals surface area contributed by atoms with Gasteiger partial charge in [-0.15, -0.1) is 0 Å². The molecule has 0 bridgehead atoms. The zero-order valence-electron chi connectivity index (χ0n) is 8.13. The van der Waals surface area contributed by atoms with E-state index in [-0.39, 0.29) is 18.5 Å². The van der Waals surface area contributed by atoms with Gasteiger partial charge in [0.05, 0.1) is 0 Å². The van der Waals surface area contributed by atoms with Gasteiger partial charge in [0.25, 0.3) is 0 Å². The molecule has 0 aromatic carbocycles. The predicted octanol–water partition coefficient (Wildman–Crippen LogP) is -0.974. The summed E-state index contributed by atoms with van der Waals surface area (Å²) < 4.78 is 0. The summed E-state index contributed by atoms with van der Waals surface area (Å²) in [6.07, 6.45) is 0. The molecule has 6 nitrogen and oxygen atoms in total. The van der Waals surface area contributed by atoms with Crippen molar-refractivity contribution >= 4 is 11.9 Å². The molecule has 0 aliphatic carbocycles. The van der Waals surface area contributed by atoms with Crippen molar-refractivity contribution in [3.05, 3.63) is 0 Å². The Bertz CT molecular complexity index is 193. The summed E-state index contributed by atoms with van der Waals surface area (Å²) in [4.78, 5) is 23.1. The first-order chi connectivity index (χ1) is 5.97. The minimum absolute atomic E-state index is 0.00120. The Kier molecular flexibility index (Phi) is 4.83. The van der Waals surface area contributed by atoms with Crippen LogP contribution in [0.25, 0.3) is 0 Å². The SMILES string of the molecule is CC(C)NC(=O)CN(C)C(=O)NN. The van der Waals surface area contributed by atoms with Crippen LogP contribution in [0, 0.1) is 0 Å². The lowest BCUT2D eigenvalue weighted by Gasteiger charge is -2.16. The third kappa shape index (κ3) is 5.02. The maximum absolute atomic E-state index is 11.1. The van der Waals surface area contributed by atoms with E-state index in [0.29, 0.717) is 0 Å². The van der Waals surface area contributed by atoms with Gasteiger partial charge in [-0.2, -0.15) is 0 Å². The van der Waals surface area contributed by atoms with Gasteiger partial charge in [0, 0.05) is 13.1 Å². The van der Waals surface area contributed by atoms with Crippen molar-refractivity contribution in [2.75, 3.05) is 13.6 Å². The minimum Gasteiger partial charge on any atom is -0.352 e. The molecule has 0 unspecified atom stereocenters. The molecule has 0 aromatic heterocycles. The number of rotatable bonds is 3. The lowest BCUT2D eigenvalue weighted by molar-refractivity contribution is -0.121. The number of nitrogens with two attached hydrogens (primary N) is 1. The number of urea groups is 1. The standard InChI is InChI=1S/C7H16N4O2/c1-5(2)9-6(12)4-11(3)7(13)10-8/h5H,4,8H2,1-3H3,(H,9,12)(H,10,13). The first kappa shape index (κ1) is 11.7. The second-order valence-corrected chi connectivity index (χ2v) is 3.03. The van der Waals surface area contributed by atoms with Gasteiger partial charge in [0.1, 0.15) is 6.54 Å². The van der Waals surface area contributed by atoms with Crippen molar-refractivity contribution in [2.45, 2.75) is 19.9 Å². The fourth-order valence-corrected chi connectivity index (χ4v) is 0.765. The average Bonchev–Trinajstić information content (AvgIpc) is 2.01. The molecule has 6 heteroatoms. The van der Waals surface area contributed by atoms with Crippen molar-refractivity contribution in [1.29, 1.82) is 0 Å². The number of likely N-dealkylation sites (N-methyl/N-ethyl adjacent to an activating group) is 1. The Morgan fingerprint density at radius 3 is 2.38 bits per heavy atom. The zero-order chi connectivity index (χ0) is 10.4. The van der Waals surface area contributed by atoms with E-state index in [1.54, 1.807) is 0 Å². The van der Waals surface area contributed by atoms with Crippen molar-refractivity contribution < 1.29 is 9.59 Å². The van der Waals surface area contributed by atoms with E-state index in [2.05, 4.69) is 5.32 Å². The molecule has 0 radical (unpaired) electrons. The highest BCUT2D eigenvalue weighted by molar-refractivity contribution is 5.83. The molecule has 0 rings (SSSR count). The highest BCUT2D eigenvalue weighted by Crippen LogP contribution is 1.84. The second-order valence-electron chi connectivity index (χ2n) is 3.03. The minimum atomic E-state index is -0.487. The van der Waals surface area contributed by atoms with Gasteiger partial charge in [-0.3, -0.25) is 10.2 Å². The molecule has 3 amide bonds. The molecule has 0 saturated carbocycles. The van der Waals surface area contributed by atoms with Gasteiger partial charge < -0.3 is 10.2 Å². The molecule has 0 atom stereocenters. The average molecular weight is 188 g/mol. The van der Waals surface area contributed by atoms with Gasteiger partial charge in [-0.25, -0.2) is 10.6 Å². The summed E-state index contributed by atoms with van der Waals surface area (Å²) in [5.41, 5.74) is 1.93. The van der Waals surface area contributed by atoms with Gasteiger partial charge >= 0.3 is 6.03 Å². The number of carbonyl (C=O) groups excluding carboxylic acids is 2.